The predicted octanol–water partition coefficient (Wildman–Crippen LogP) is 5.52. The van der Waals surface area contributed by atoms with Gasteiger partial charge in [0.15, 0.2) is 0 Å². The van der Waals surface area contributed by atoms with Crippen molar-refractivity contribution in [2.75, 3.05) is 16.3 Å². The predicted molar refractivity (Wildman–Crippen MR) is 139 cm³/mol. The first-order valence-corrected chi connectivity index (χ1v) is 12.5. The van der Waals surface area contributed by atoms with Gasteiger partial charge in [-0.3, -0.25) is 19.7 Å². The van der Waals surface area contributed by atoms with Gasteiger partial charge in [0, 0.05) is 19.2 Å². The highest BCUT2D eigenvalue weighted by Crippen LogP contribution is 2.42. The summed E-state index contributed by atoms with van der Waals surface area (Å²) in [5.41, 5.74) is 2.84. The number of rotatable bonds is 8. The number of anilines is 2. The van der Waals surface area contributed by atoms with Gasteiger partial charge in [-0.1, -0.05) is 73.5 Å². The molecule has 0 bridgehead atoms. The molecule has 0 radical (unpaired) electrons. The minimum Gasteiger partial charge on any atom is -0.361 e. The molecule has 2 amide bonds. The van der Waals surface area contributed by atoms with Crippen molar-refractivity contribution in [3.63, 3.8) is 0 Å². The Morgan fingerprint density at radius 1 is 0.833 bits per heavy atom. The van der Waals surface area contributed by atoms with Crippen LogP contribution in [-0.2, 0) is 22.6 Å². The molecule has 2 atom stereocenters. The summed E-state index contributed by atoms with van der Waals surface area (Å²) in [4.78, 5) is 41.1. The molecule has 0 spiro atoms. The number of hydrogen-bond donors (Lipinski definition) is 0. The molecule has 7 heteroatoms. The van der Waals surface area contributed by atoms with Crippen LogP contribution in [0.1, 0.15) is 36.8 Å². The highest BCUT2D eigenvalue weighted by molar-refractivity contribution is 6.22. The van der Waals surface area contributed by atoms with Gasteiger partial charge in [0.2, 0.25) is 11.8 Å². The first kappa shape index (κ1) is 23.7. The Morgan fingerprint density at radius 3 is 2.00 bits per heavy atom. The monoisotopic (exact) mass is 483 g/mol. The van der Waals surface area contributed by atoms with Gasteiger partial charge in [0.25, 0.3) is 5.69 Å². The molecular formula is C29H29N3O4. The molecule has 0 aromatic heterocycles. The third-order valence-electron chi connectivity index (χ3n) is 7.33. The third kappa shape index (κ3) is 4.73. The van der Waals surface area contributed by atoms with Gasteiger partial charge in [-0.15, -0.1) is 0 Å². The van der Waals surface area contributed by atoms with E-state index in [1.165, 1.54) is 11.0 Å². The third-order valence-corrected chi connectivity index (χ3v) is 7.33. The van der Waals surface area contributed by atoms with Gasteiger partial charge < -0.3 is 4.90 Å². The molecule has 1 saturated carbocycles. The standard InChI is InChI=1S/C29H29N3O4/c33-28-24-13-7-8-14-25(24)29(34)31(28)23-15-16-26(27(19-23)32(35)36)30(20-22-11-5-2-6-12-22)18-17-21-9-3-1-4-10-21/h1-6,9-12,15-16,19,24-25H,7-8,13-14,17-18,20H2. The van der Waals surface area contributed by atoms with Crippen molar-refractivity contribution in [3.05, 3.63) is 100 Å². The first-order valence-electron chi connectivity index (χ1n) is 12.5. The molecule has 184 valence electrons. The SMILES string of the molecule is O=C1C2CCCCC2C(=O)N1c1ccc(N(CCc2ccccc2)Cc2ccccc2)c([N+](=O)[O-])c1. The van der Waals surface area contributed by atoms with Crippen molar-refractivity contribution in [3.8, 4) is 0 Å². The number of benzene rings is 3. The number of carbonyl (C=O) groups excluding carboxylic acids is 2. The van der Waals surface area contributed by atoms with E-state index in [1.54, 1.807) is 12.1 Å². The van der Waals surface area contributed by atoms with Crippen molar-refractivity contribution in [2.24, 2.45) is 11.8 Å². The zero-order valence-corrected chi connectivity index (χ0v) is 20.1. The number of nitro benzene ring substituents is 1. The van der Waals surface area contributed by atoms with E-state index in [0.29, 0.717) is 31.6 Å². The topological polar surface area (TPSA) is 83.8 Å². The molecule has 2 fully saturated rings. The molecule has 5 rings (SSSR count). The maximum absolute atomic E-state index is 13.1. The van der Waals surface area contributed by atoms with Crippen molar-refractivity contribution < 1.29 is 14.5 Å². The summed E-state index contributed by atoms with van der Waals surface area (Å²) in [7, 11) is 0. The molecule has 1 aliphatic heterocycles. The Balaban J connectivity index is 1.48. The van der Waals surface area contributed by atoms with Crippen LogP contribution in [0.15, 0.2) is 78.9 Å². The van der Waals surface area contributed by atoms with Crippen LogP contribution in [0.5, 0.6) is 0 Å². The molecule has 1 heterocycles. The van der Waals surface area contributed by atoms with Gasteiger partial charge in [0.1, 0.15) is 5.69 Å². The Labute approximate surface area is 210 Å². The number of carbonyl (C=O) groups is 2. The van der Waals surface area contributed by atoms with E-state index in [0.717, 1.165) is 30.4 Å². The van der Waals surface area contributed by atoms with Crippen LogP contribution >= 0.6 is 0 Å². The molecular weight excluding hydrogens is 454 g/mol. The Bertz CT molecular complexity index is 1240. The van der Waals surface area contributed by atoms with Crippen LogP contribution in [0, 0.1) is 22.0 Å². The van der Waals surface area contributed by atoms with Crippen LogP contribution in [-0.4, -0.2) is 23.3 Å². The zero-order chi connectivity index (χ0) is 25.1. The number of imide groups is 1. The molecule has 0 N–H and O–H groups in total. The van der Waals surface area contributed by atoms with Crippen LogP contribution in [0.25, 0.3) is 0 Å². The summed E-state index contributed by atoms with van der Waals surface area (Å²) in [5, 5.41) is 12.2. The molecule has 1 saturated heterocycles. The second-order valence-electron chi connectivity index (χ2n) is 9.58. The number of nitro groups is 1. The van der Waals surface area contributed by atoms with E-state index in [4.69, 9.17) is 0 Å². The fraction of sp³-hybridized carbons (Fsp3) is 0.310. The fourth-order valence-corrected chi connectivity index (χ4v) is 5.48. The Hall–Kier alpha value is -4.00. The number of hydrogen-bond acceptors (Lipinski definition) is 5. The van der Waals surface area contributed by atoms with Crippen molar-refractivity contribution in [2.45, 2.75) is 38.6 Å². The lowest BCUT2D eigenvalue weighted by Gasteiger charge is -2.26. The minimum atomic E-state index is -0.419. The van der Waals surface area contributed by atoms with Crippen molar-refractivity contribution in [1.82, 2.24) is 0 Å². The summed E-state index contributed by atoms with van der Waals surface area (Å²) in [6.45, 7) is 1.07. The zero-order valence-electron chi connectivity index (χ0n) is 20.1. The van der Waals surface area contributed by atoms with E-state index in [9.17, 15) is 19.7 Å². The maximum atomic E-state index is 13.1. The molecule has 2 unspecified atom stereocenters. The van der Waals surface area contributed by atoms with Crippen LogP contribution in [0.4, 0.5) is 17.1 Å². The molecule has 3 aromatic carbocycles. The first-order chi connectivity index (χ1) is 17.5. The molecule has 36 heavy (non-hydrogen) atoms. The number of fused-ring (bicyclic) bond motifs is 1. The summed E-state index contributed by atoms with van der Waals surface area (Å²) < 4.78 is 0. The van der Waals surface area contributed by atoms with Gasteiger partial charge in [-0.2, -0.15) is 0 Å². The quantitative estimate of drug-likeness (QED) is 0.239. The van der Waals surface area contributed by atoms with Crippen LogP contribution in [0.3, 0.4) is 0 Å². The van der Waals surface area contributed by atoms with Crippen LogP contribution in [0.2, 0.25) is 0 Å². The van der Waals surface area contributed by atoms with Crippen molar-refractivity contribution >= 4 is 28.9 Å². The van der Waals surface area contributed by atoms with E-state index in [1.807, 2.05) is 65.6 Å². The second-order valence-corrected chi connectivity index (χ2v) is 9.58. The summed E-state index contributed by atoms with van der Waals surface area (Å²) in [6.07, 6.45) is 4.00. The number of amides is 2. The highest BCUT2D eigenvalue weighted by atomic mass is 16.6. The summed E-state index contributed by atoms with van der Waals surface area (Å²) in [5.74, 6) is -1.05. The summed E-state index contributed by atoms with van der Waals surface area (Å²) >= 11 is 0. The Morgan fingerprint density at radius 2 is 1.42 bits per heavy atom. The fourth-order valence-electron chi connectivity index (χ4n) is 5.48. The normalized spacial score (nSPS) is 19.3. The van der Waals surface area contributed by atoms with E-state index >= 15 is 0 Å². The Kier molecular flexibility index (Phi) is 6.80. The smallest absolute Gasteiger partial charge is 0.294 e. The van der Waals surface area contributed by atoms with Gasteiger partial charge in [0.05, 0.1) is 22.4 Å². The van der Waals surface area contributed by atoms with Gasteiger partial charge in [-0.25, -0.2) is 4.90 Å². The largest absolute Gasteiger partial charge is 0.361 e. The van der Waals surface area contributed by atoms with E-state index in [-0.39, 0.29) is 35.0 Å². The lowest BCUT2D eigenvalue weighted by atomic mass is 9.81. The molecule has 7 nitrogen and oxygen atoms in total. The average molecular weight is 484 g/mol. The van der Waals surface area contributed by atoms with Gasteiger partial charge in [-0.05, 0) is 42.5 Å². The van der Waals surface area contributed by atoms with E-state index in [2.05, 4.69) is 0 Å². The molecule has 2 aliphatic rings. The maximum Gasteiger partial charge on any atom is 0.294 e. The van der Waals surface area contributed by atoms with E-state index < -0.39 is 4.92 Å². The summed E-state index contributed by atoms with van der Waals surface area (Å²) in [6, 6.07) is 24.6. The van der Waals surface area contributed by atoms with Gasteiger partial charge >= 0.3 is 0 Å². The van der Waals surface area contributed by atoms with Crippen molar-refractivity contribution in [1.29, 1.82) is 0 Å². The number of nitrogens with zero attached hydrogens (tertiary/aromatic N) is 3. The molecule has 3 aromatic rings. The van der Waals surface area contributed by atoms with Crippen LogP contribution < -0.4 is 9.80 Å². The minimum absolute atomic E-state index is 0.105. The highest BCUT2D eigenvalue weighted by Gasteiger charge is 2.49. The lowest BCUT2D eigenvalue weighted by molar-refractivity contribution is -0.384. The second kappa shape index (κ2) is 10.3. The molecule has 1 aliphatic carbocycles. The lowest BCUT2D eigenvalue weighted by Crippen LogP contribution is -2.31. The average Bonchev–Trinajstić information content (AvgIpc) is 3.17.